The summed E-state index contributed by atoms with van der Waals surface area (Å²) in [5.41, 5.74) is 3.10. The van der Waals surface area contributed by atoms with Crippen molar-refractivity contribution in [1.82, 2.24) is 14.7 Å². The van der Waals surface area contributed by atoms with Crippen LogP contribution in [0.15, 0.2) is 48.5 Å². The standard InChI is InChI=1S/C24H31N3O2/c1-25-13-15-26(16-14-25)17-19-7-9-20(10-8-19)24(28)27(22-11-12-22)18-21-5-3-4-6-23(21)29-2/h3-10,22H,11-18H2,1-2H3. The molecule has 1 aliphatic heterocycles. The summed E-state index contributed by atoms with van der Waals surface area (Å²) >= 11 is 0. The fourth-order valence-electron chi connectivity index (χ4n) is 3.95. The molecule has 1 heterocycles. The molecule has 0 atom stereocenters. The first-order valence-electron chi connectivity index (χ1n) is 10.6. The van der Waals surface area contributed by atoms with Crippen LogP contribution in [0, 0.1) is 0 Å². The highest BCUT2D eigenvalue weighted by atomic mass is 16.5. The van der Waals surface area contributed by atoms with Gasteiger partial charge < -0.3 is 14.5 Å². The van der Waals surface area contributed by atoms with Crippen molar-refractivity contribution in [2.24, 2.45) is 0 Å². The number of carbonyl (C=O) groups excluding carboxylic acids is 1. The summed E-state index contributed by atoms with van der Waals surface area (Å²) in [6, 6.07) is 16.5. The summed E-state index contributed by atoms with van der Waals surface area (Å²) in [4.78, 5) is 20.1. The zero-order chi connectivity index (χ0) is 20.2. The number of ether oxygens (including phenoxy) is 1. The van der Waals surface area contributed by atoms with Crippen LogP contribution >= 0.6 is 0 Å². The molecule has 0 unspecified atom stereocenters. The quantitative estimate of drug-likeness (QED) is 0.724. The molecule has 5 heteroatoms. The van der Waals surface area contributed by atoms with Gasteiger partial charge in [0.1, 0.15) is 5.75 Å². The Bertz CT molecular complexity index is 824. The highest BCUT2D eigenvalue weighted by Gasteiger charge is 2.33. The van der Waals surface area contributed by atoms with Crippen LogP contribution in [0.2, 0.25) is 0 Å². The third kappa shape index (κ3) is 4.98. The maximum atomic E-state index is 13.2. The van der Waals surface area contributed by atoms with Gasteiger partial charge in [0.2, 0.25) is 0 Å². The minimum Gasteiger partial charge on any atom is -0.496 e. The lowest BCUT2D eigenvalue weighted by Gasteiger charge is -2.32. The van der Waals surface area contributed by atoms with E-state index in [4.69, 9.17) is 4.74 Å². The van der Waals surface area contributed by atoms with Crippen LogP contribution in [0.25, 0.3) is 0 Å². The molecule has 1 saturated heterocycles. The molecule has 5 nitrogen and oxygen atoms in total. The zero-order valence-electron chi connectivity index (χ0n) is 17.5. The number of amides is 1. The third-order valence-corrected chi connectivity index (χ3v) is 5.98. The summed E-state index contributed by atoms with van der Waals surface area (Å²) in [6.07, 6.45) is 2.17. The number of rotatable bonds is 7. The third-order valence-electron chi connectivity index (χ3n) is 5.98. The SMILES string of the molecule is COc1ccccc1CN(C(=O)c1ccc(CN2CCN(C)CC2)cc1)C1CC1. The Hall–Kier alpha value is -2.37. The van der Waals surface area contributed by atoms with Gasteiger partial charge >= 0.3 is 0 Å². The number of piperazine rings is 1. The summed E-state index contributed by atoms with van der Waals surface area (Å²) in [7, 11) is 3.86. The van der Waals surface area contributed by atoms with Crippen molar-refractivity contribution in [3.8, 4) is 5.75 Å². The molecule has 0 radical (unpaired) electrons. The summed E-state index contributed by atoms with van der Waals surface area (Å²) in [5.74, 6) is 0.957. The van der Waals surface area contributed by atoms with Gasteiger partial charge in [0.15, 0.2) is 0 Å². The van der Waals surface area contributed by atoms with Gasteiger partial charge in [-0.05, 0) is 43.7 Å². The Morgan fingerprint density at radius 2 is 1.72 bits per heavy atom. The lowest BCUT2D eigenvalue weighted by Crippen LogP contribution is -2.43. The molecule has 0 aromatic heterocycles. The predicted octanol–water partition coefficient (Wildman–Crippen LogP) is 3.25. The van der Waals surface area contributed by atoms with Crippen molar-refractivity contribution in [1.29, 1.82) is 0 Å². The van der Waals surface area contributed by atoms with E-state index in [1.807, 2.05) is 41.3 Å². The molecular formula is C24H31N3O2. The van der Waals surface area contributed by atoms with Gasteiger partial charge in [-0.3, -0.25) is 9.69 Å². The number of para-hydroxylation sites is 1. The maximum absolute atomic E-state index is 13.2. The lowest BCUT2D eigenvalue weighted by molar-refractivity contribution is 0.0728. The van der Waals surface area contributed by atoms with E-state index in [-0.39, 0.29) is 5.91 Å². The van der Waals surface area contributed by atoms with Gasteiger partial charge in [0.25, 0.3) is 5.91 Å². The van der Waals surface area contributed by atoms with Gasteiger partial charge in [0.05, 0.1) is 7.11 Å². The predicted molar refractivity (Wildman–Crippen MR) is 115 cm³/mol. The lowest BCUT2D eigenvalue weighted by atomic mass is 10.1. The minimum absolute atomic E-state index is 0.115. The van der Waals surface area contributed by atoms with Crippen molar-refractivity contribution in [3.63, 3.8) is 0 Å². The minimum atomic E-state index is 0.115. The van der Waals surface area contributed by atoms with E-state index >= 15 is 0 Å². The van der Waals surface area contributed by atoms with Crippen molar-refractivity contribution >= 4 is 5.91 Å². The molecule has 2 aromatic rings. The van der Waals surface area contributed by atoms with Crippen LogP contribution in [0.4, 0.5) is 0 Å². The number of nitrogens with zero attached hydrogens (tertiary/aromatic N) is 3. The van der Waals surface area contributed by atoms with Crippen molar-refractivity contribution in [2.75, 3.05) is 40.3 Å². The molecule has 0 bridgehead atoms. The van der Waals surface area contributed by atoms with Crippen LogP contribution in [-0.2, 0) is 13.1 Å². The number of hydrogen-bond acceptors (Lipinski definition) is 4. The number of hydrogen-bond donors (Lipinski definition) is 0. The van der Waals surface area contributed by atoms with E-state index in [1.54, 1.807) is 7.11 Å². The number of likely N-dealkylation sites (N-methyl/N-ethyl adjacent to an activating group) is 1. The van der Waals surface area contributed by atoms with Gasteiger partial charge in [-0.25, -0.2) is 0 Å². The van der Waals surface area contributed by atoms with E-state index in [0.29, 0.717) is 12.6 Å². The van der Waals surface area contributed by atoms with Crippen LogP contribution in [0.5, 0.6) is 5.75 Å². The van der Waals surface area contributed by atoms with E-state index < -0.39 is 0 Å². The van der Waals surface area contributed by atoms with Crippen LogP contribution in [-0.4, -0.2) is 67.0 Å². The van der Waals surface area contributed by atoms with E-state index in [1.165, 1.54) is 5.56 Å². The smallest absolute Gasteiger partial charge is 0.254 e. The molecule has 29 heavy (non-hydrogen) atoms. The second-order valence-corrected chi connectivity index (χ2v) is 8.25. The molecule has 2 fully saturated rings. The van der Waals surface area contributed by atoms with E-state index in [2.05, 4.69) is 29.0 Å². The first-order chi connectivity index (χ1) is 14.1. The molecule has 0 N–H and O–H groups in total. The summed E-state index contributed by atoms with van der Waals surface area (Å²) < 4.78 is 5.48. The van der Waals surface area contributed by atoms with Gasteiger partial charge in [0, 0.05) is 56.4 Å². The highest BCUT2D eigenvalue weighted by molar-refractivity contribution is 5.94. The normalized spacial score (nSPS) is 17.9. The number of benzene rings is 2. The highest BCUT2D eigenvalue weighted by Crippen LogP contribution is 2.31. The topological polar surface area (TPSA) is 36.0 Å². The number of carbonyl (C=O) groups is 1. The van der Waals surface area contributed by atoms with Crippen molar-refractivity contribution < 1.29 is 9.53 Å². The Labute approximate surface area is 173 Å². The Morgan fingerprint density at radius 3 is 2.38 bits per heavy atom. The molecule has 154 valence electrons. The van der Waals surface area contributed by atoms with Crippen molar-refractivity contribution in [3.05, 3.63) is 65.2 Å². The van der Waals surface area contributed by atoms with Crippen LogP contribution in [0.3, 0.4) is 0 Å². The number of methoxy groups -OCH3 is 1. The fourth-order valence-corrected chi connectivity index (χ4v) is 3.95. The largest absolute Gasteiger partial charge is 0.496 e. The monoisotopic (exact) mass is 393 g/mol. The summed E-state index contributed by atoms with van der Waals surface area (Å²) in [6.45, 7) is 6.00. The second-order valence-electron chi connectivity index (χ2n) is 8.25. The van der Waals surface area contributed by atoms with Crippen LogP contribution < -0.4 is 4.74 Å². The molecule has 1 amide bonds. The molecular weight excluding hydrogens is 362 g/mol. The Balaban J connectivity index is 1.43. The fraction of sp³-hybridized carbons (Fsp3) is 0.458. The van der Waals surface area contributed by atoms with E-state index in [9.17, 15) is 4.79 Å². The van der Waals surface area contributed by atoms with Crippen LogP contribution in [0.1, 0.15) is 34.3 Å². The first kappa shape index (κ1) is 19.9. The average molecular weight is 394 g/mol. The van der Waals surface area contributed by atoms with E-state index in [0.717, 1.165) is 62.4 Å². The van der Waals surface area contributed by atoms with Gasteiger partial charge in [-0.15, -0.1) is 0 Å². The Kier molecular flexibility index (Phi) is 6.16. The van der Waals surface area contributed by atoms with Gasteiger partial charge in [-0.2, -0.15) is 0 Å². The van der Waals surface area contributed by atoms with Gasteiger partial charge in [-0.1, -0.05) is 30.3 Å². The molecule has 2 aliphatic rings. The Morgan fingerprint density at radius 1 is 1.03 bits per heavy atom. The zero-order valence-corrected chi connectivity index (χ0v) is 17.5. The molecule has 4 rings (SSSR count). The van der Waals surface area contributed by atoms with Crippen molar-refractivity contribution in [2.45, 2.75) is 32.0 Å². The first-order valence-corrected chi connectivity index (χ1v) is 10.6. The average Bonchev–Trinajstić information content (AvgIpc) is 3.59. The second kappa shape index (κ2) is 8.97. The summed E-state index contributed by atoms with van der Waals surface area (Å²) in [5, 5.41) is 0. The maximum Gasteiger partial charge on any atom is 0.254 e. The molecule has 2 aromatic carbocycles. The molecule has 0 spiro atoms. The molecule has 1 aliphatic carbocycles. The molecule has 1 saturated carbocycles.